The van der Waals surface area contributed by atoms with E-state index in [2.05, 4.69) is 57.8 Å². The average Bonchev–Trinajstić information content (AvgIpc) is 2.63. The maximum Gasteiger partial charge on any atom is 0.0450 e. The molecule has 0 saturated heterocycles. The molecule has 1 aromatic carbocycles. The first-order valence-corrected chi connectivity index (χ1v) is 10.1. The molecular weight excluding hydrogens is 314 g/mol. The lowest BCUT2D eigenvalue weighted by Crippen LogP contribution is -2.02. The fourth-order valence-corrected chi connectivity index (χ4v) is 2.17. The van der Waals surface area contributed by atoms with E-state index in [1.807, 2.05) is 72.9 Å². The molecule has 1 heteroatoms. The summed E-state index contributed by atoms with van der Waals surface area (Å²) in [6.45, 7) is 26.6. The zero-order valence-electron chi connectivity index (χ0n) is 19.4. The third kappa shape index (κ3) is 13.5. The molecule has 0 aliphatic rings. The van der Waals surface area contributed by atoms with Gasteiger partial charge in [-0.25, -0.2) is 0 Å². The number of nitrogens with one attached hydrogen (secondary N) is 1. The van der Waals surface area contributed by atoms with Crippen LogP contribution in [0.1, 0.15) is 99.1 Å². The van der Waals surface area contributed by atoms with E-state index >= 15 is 0 Å². The molecule has 1 N–H and O–H groups in total. The van der Waals surface area contributed by atoms with Crippen LogP contribution in [0.4, 0.5) is 5.69 Å². The molecule has 0 aliphatic carbocycles. The van der Waals surface area contributed by atoms with E-state index in [0.717, 1.165) is 5.57 Å². The molecule has 0 spiro atoms. The number of benzene rings is 1. The van der Waals surface area contributed by atoms with Gasteiger partial charge in [-0.2, -0.15) is 0 Å². The van der Waals surface area contributed by atoms with E-state index < -0.39 is 0 Å². The monoisotopic (exact) mass is 359 g/mol. The van der Waals surface area contributed by atoms with Gasteiger partial charge in [-0.3, -0.25) is 0 Å². The first kappa shape index (κ1) is 29.0. The Bertz CT molecular complexity index is 479. The van der Waals surface area contributed by atoms with Crippen molar-refractivity contribution in [3.05, 3.63) is 65.9 Å². The van der Waals surface area contributed by atoms with Crippen molar-refractivity contribution in [1.29, 1.82) is 0 Å². The Morgan fingerprint density at radius 3 is 1.54 bits per heavy atom. The van der Waals surface area contributed by atoms with Crippen LogP contribution in [0.2, 0.25) is 0 Å². The zero-order valence-corrected chi connectivity index (χ0v) is 19.4. The number of para-hydroxylation sites is 1. The molecule has 0 atom stereocenters. The van der Waals surface area contributed by atoms with Crippen LogP contribution in [0.15, 0.2) is 54.8 Å². The molecule has 0 aliphatic heterocycles. The Morgan fingerprint density at radius 2 is 1.31 bits per heavy atom. The number of hydrogen-bond donors (Lipinski definition) is 1. The Labute approximate surface area is 165 Å². The highest BCUT2D eigenvalue weighted by molar-refractivity contribution is 5.61. The Kier molecular flexibility index (Phi) is 21.8. The van der Waals surface area contributed by atoms with Gasteiger partial charge in [-0.1, -0.05) is 104 Å². The van der Waals surface area contributed by atoms with Crippen LogP contribution >= 0.6 is 0 Å². The SMILES string of the molecule is C/C=C\Nc1c(C(C)C)cccc1C(C)C.C=C(C)/C=C\C.CC.CC. The van der Waals surface area contributed by atoms with Gasteiger partial charge in [0.2, 0.25) is 0 Å². The summed E-state index contributed by atoms with van der Waals surface area (Å²) in [5.41, 5.74) is 5.18. The minimum Gasteiger partial charge on any atom is -0.362 e. The summed E-state index contributed by atoms with van der Waals surface area (Å²) in [5, 5.41) is 3.41. The largest absolute Gasteiger partial charge is 0.362 e. The van der Waals surface area contributed by atoms with E-state index in [4.69, 9.17) is 0 Å². The van der Waals surface area contributed by atoms with Gasteiger partial charge in [-0.05, 0) is 49.9 Å². The van der Waals surface area contributed by atoms with E-state index in [-0.39, 0.29) is 0 Å². The molecule has 1 rings (SSSR count). The van der Waals surface area contributed by atoms with Gasteiger partial charge in [0.05, 0.1) is 0 Å². The standard InChI is InChI=1S/C15H23N.C6H10.2C2H6/c1-6-10-16-15-13(11(2)3)8-7-9-14(15)12(4)5;1-4-5-6(2)3;2*1-2/h6-12,16H,1-5H3;4-5H,2H2,1,3H3;2*1-2H3/b10-6-;5-4-;;. The summed E-state index contributed by atoms with van der Waals surface area (Å²) in [7, 11) is 0. The van der Waals surface area contributed by atoms with Crippen molar-refractivity contribution < 1.29 is 0 Å². The Balaban J connectivity index is -0.000000445. The second kappa shape index (κ2) is 19.6. The van der Waals surface area contributed by atoms with E-state index in [9.17, 15) is 0 Å². The molecule has 0 unspecified atom stereocenters. The first-order valence-electron chi connectivity index (χ1n) is 10.1. The second-order valence-electron chi connectivity index (χ2n) is 6.11. The smallest absolute Gasteiger partial charge is 0.0450 e. The van der Waals surface area contributed by atoms with Gasteiger partial charge >= 0.3 is 0 Å². The van der Waals surface area contributed by atoms with Crippen molar-refractivity contribution in [3.8, 4) is 0 Å². The highest BCUT2D eigenvalue weighted by Crippen LogP contribution is 2.32. The minimum atomic E-state index is 0.548. The second-order valence-corrected chi connectivity index (χ2v) is 6.11. The van der Waals surface area contributed by atoms with E-state index in [1.165, 1.54) is 16.8 Å². The highest BCUT2D eigenvalue weighted by atomic mass is 14.8. The molecule has 0 saturated carbocycles. The number of anilines is 1. The maximum absolute atomic E-state index is 3.66. The molecule has 26 heavy (non-hydrogen) atoms. The Hall–Kier alpha value is -1.76. The molecule has 1 nitrogen and oxygen atoms in total. The molecule has 0 heterocycles. The molecule has 0 aromatic heterocycles. The molecule has 1 aromatic rings. The molecule has 0 radical (unpaired) electrons. The van der Waals surface area contributed by atoms with Gasteiger partial charge in [0.1, 0.15) is 0 Å². The summed E-state index contributed by atoms with van der Waals surface area (Å²) in [6, 6.07) is 6.58. The van der Waals surface area contributed by atoms with Crippen molar-refractivity contribution in [1.82, 2.24) is 0 Å². The van der Waals surface area contributed by atoms with Crippen LogP contribution in [0.3, 0.4) is 0 Å². The quantitative estimate of drug-likeness (QED) is 0.517. The van der Waals surface area contributed by atoms with Crippen LogP contribution in [-0.4, -0.2) is 0 Å². The molecular formula is C25H45N. The average molecular weight is 360 g/mol. The van der Waals surface area contributed by atoms with Crippen molar-refractivity contribution in [2.45, 2.75) is 88.0 Å². The lowest BCUT2D eigenvalue weighted by Gasteiger charge is -2.19. The van der Waals surface area contributed by atoms with Gasteiger partial charge in [-0.15, -0.1) is 0 Å². The van der Waals surface area contributed by atoms with Crippen molar-refractivity contribution in [2.24, 2.45) is 0 Å². The van der Waals surface area contributed by atoms with Gasteiger partial charge in [0.25, 0.3) is 0 Å². The normalized spacial score (nSPS) is 9.88. The summed E-state index contributed by atoms with van der Waals surface area (Å²) in [6.07, 6.45) is 7.98. The number of allylic oxidation sites excluding steroid dienone is 4. The van der Waals surface area contributed by atoms with E-state index in [1.54, 1.807) is 0 Å². The third-order valence-electron chi connectivity index (χ3n) is 3.22. The topological polar surface area (TPSA) is 12.0 Å². The third-order valence-corrected chi connectivity index (χ3v) is 3.22. The number of rotatable bonds is 5. The predicted octanol–water partition coefficient (Wildman–Crippen LogP) is 9.07. The lowest BCUT2D eigenvalue weighted by molar-refractivity contribution is 0.838. The van der Waals surface area contributed by atoms with Crippen LogP contribution in [-0.2, 0) is 0 Å². The predicted molar refractivity (Wildman–Crippen MR) is 125 cm³/mol. The Morgan fingerprint density at radius 1 is 0.885 bits per heavy atom. The minimum absolute atomic E-state index is 0.548. The van der Waals surface area contributed by atoms with Crippen LogP contribution < -0.4 is 5.32 Å². The van der Waals surface area contributed by atoms with Crippen molar-refractivity contribution in [2.75, 3.05) is 5.32 Å². The van der Waals surface area contributed by atoms with Gasteiger partial charge < -0.3 is 5.32 Å². The highest BCUT2D eigenvalue weighted by Gasteiger charge is 2.12. The van der Waals surface area contributed by atoms with Crippen molar-refractivity contribution in [3.63, 3.8) is 0 Å². The fraction of sp³-hybridized carbons (Fsp3) is 0.520. The summed E-state index contributed by atoms with van der Waals surface area (Å²) >= 11 is 0. The summed E-state index contributed by atoms with van der Waals surface area (Å²) in [5.74, 6) is 1.10. The summed E-state index contributed by atoms with van der Waals surface area (Å²) < 4.78 is 0. The molecule has 0 amide bonds. The van der Waals surface area contributed by atoms with Crippen LogP contribution in [0, 0.1) is 0 Å². The van der Waals surface area contributed by atoms with E-state index in [0.29, 0.717) is 11.8 Å². The first-order chi connectivity index (χ1) is 12.3. The molecule has 150 valence electrons. The lowest BCUT2D eigenvalue weighted by atomic mass is 9.93. The zero-order chi connectivity index (χ0) is 21.1. The maximum atomic E-state index is 3.66. The number of hydrogen-bond acceptors (Lipinski definition) is 1. The molecule has 0 bridgehead atoms. The fourth-order valence-electron chi connectivity index (χ4n) is 2.17. The van der Waals surface area contributed by atoms with Gasteiger partial charge in [0, 0.05) is 5.69 Å². The summed E-state index contributed by atoms with van der Waals surface area (Å²) in [4.78, 5) is 0. The van der Waals surface area contributed by atoms with Crippen molar-refractivity contribution >= 4 is 5.69 Å². The molecule has 0 fully saturated rings. The van der Waals surface area contributed by atoms with Crippen LogP contribution in [0.5, 0.6) is 0 Å². The van der Waals surface area contributed by atoms with Gasteiger partial charge in [0.15, 0.2) is 0 Å². The van der Waals surface area contributed by atoms with Crippen LogP contribution in [0.25, 0.3) is 0 Å².